The third-order valence-electron chi connectivity index (χ3n) is 2.02. The molecule has 1 aromatic rings. The largest absolute Gasteiger partial charge is 0.373 e. The second-order valence-electron chi connectivity index (χ2n) is 3.40. The lowest BCUT2D eigenvalue weighted by atomic mass is 10.4. The predicted octanol–water partition coefficient (Wildman–Crippen LogP) is 2.14. The van der Waals surface area contributed by atoms with Gasteiger partial charge in [0, 0.05) is 6.54 Å². The van der Waals surface area contributed by atoms with Crippen LogP contribution in [0.15, 0.2) is 6.20 Å². The summed E-state index contributed by atoms with van der Waals surface area (Å²) in [5.41, 5.74) is 1.16. The number of imidazole rings is 1. The summed E-state index contributed by atoms with van der Waals surface area (Å²) in [6.45, 7) is 9.84. The van der Waals surface area contributed by atoms with E-state index in [0.717, 1.165) is 18.1 Å². The molecule has 0 radical (unpaired) electrons. The highest BCUT2D eigenvalue weighted by atomic mass is 16.5. The van der Waals surface area contributed by atoms with Crippen LogP contribution in [-0.4, -0.2) is 15.7 Å². The van der Waals surface area contributed by atoms with E-state index < -0.39 is 0 Å². The third-order valence-corrected chi connectivity index (χ3v) is 2.02. The topological polar surface area (TPSA) is 27.1 Å². The Kier molecular flexibility index (Phi) is 3.48. The van der Waals surface area contributed by atoms with Gasteiger partial charge in [-0.3, -0.25) is 0 Å². The lowest BCUT2D eigenvalue weighted by Gasteiger charge is -2.09. The van der Waals surface area contributed by atoms with Crippen molar-refractivity contribution in [2.45, 2.75) is 47.0 Å². The minimum Gasteiger partial charge on any atom is -0.373 e. The van der Waals surface area contributed by atoms with Crippen molar-refractivity contribution in [1.82, 2.24) is 9.55 Å². The standard InChI is InChI=1S/C10H18N2O/c1-5-12-9(4)11-6-10(12)7-13-8(2)3/h6,8H,5,7H2,1-4H3. The number of nitrogens with zero attached hydrogens (tertiary/aromatic N) is 2. The van der Waals surface area contributed by atoms with Crippen LogP contribution in [0.25, 0.3) is 0 Å². The van der Waals surface area contributed by atoms with Gasteiger partial charge in [0.1, 0.15) is 5.82 Å². The Morgan fingerprint density at radius 2 is 2.23 bits per heavy atom. The first-order chi connectivity index (χ1) is 6.15. The molecule has 3 nitrogen and oxygen atoms in total. The van der Waals surface area contributed by atoms with Crippen LogP contribution >= 0.6 is 0 Å². The average Bonchev–Trinajstić information content (AvgIpc) is 2.42. The van der Waals surface area contributed by atoms with Gasteiger partial charge in [0.25, 0.3) is 0 Å². The van der Waals surface area contributed by atoms with Crippen molar-refractivity contribution >= 4 is 0 Å². The van der Waals surface area contributed by atoms with E-state index in [-0.39, 0.29) is 6.10 Å². The Morgan fingerprint density at radius 3 is 2.77 bits per heavy atom. The van der Waals surface area contributed by atoms with Crippen LogP contribution in [0.5, 0.6) is 0 Å². The molecule has 0 unspecified atom stereocenters. The first kappa shape index (κ1) is 10.3. The van der Waals surface area contributed by atoms with Gasteiger partial charge in [-0.25, -0.2) is 4.98 Å². The fourth-order valence-corrected chi connectivity index (χ4v) is 1.31. The fourth-order valence-electron chi connectivity index (χ4n) is 1.31. The quantitative estimate of drug-likeness (QED) is 0.713. The van der Waals surface area contributed by atoms with Crippen LogP contribution in [0.1, 0.15) is 32.3 Å². The maximum atomic E-state index is 5.52. The van der Waals surface area contributed by atoms with Gasteiger partial charge in [0.15, 0.2) is 0 Å². The molecule has 74 valence electrons. The van der Waals surface area contributed by atoms with Gasteiger partial charge < -0.3 is 9.30 Å². The van der Waals surface area contributed by atoms with E-state index in [1.54, 1.807) is 0 Å². The van der Waals surface area contributed by atoms with Crippen molar-refractivity contribution < 1.29 is 4.74 Å². The smallest absolute Gasteiger partial charge is 0.105 e. The fraction of sp³-hybridized carbons (Fsp3) is 0.700. The first-order valence-electron chi connectivity index (χ1n) is 4.77. The Hall–Kier alpha value is -0.830. The molecule has 0 aromatic carbocycles. The van der Waals surface area contributed by atoms with Crippen LogP contribution in [0.4, 0.5) is 0 Å². The molecule has 0 aliphatic carbocycles. The summed E-state index contributed by atoms with van der Waals surface area (Å²) in [6, 6.07) is 0. The van der Waals surface area contributed by atoms with E-state index in [9.17, 15) is 0 Å². The second-order valence-corrected chi connectivity index (χ2v) is 3.40. The van der Waals surface area contributed by atoms with Crippen molar-refractivity contribution in [3.63, 3.8) is 0 Å². The minimum absolute atomic E-state index is 0.278. The summed E-state index contributed by atoms with van der Waals surface area (Å²) in [5.74, 6) is 1.06. The summed E-state index contributed by atoms with van der Waals surface area (Å²) in [4.78, 5) is 4.25. The Morgan fingerprint density at radius 1 is 1.54 bits per heavy atom. The van der Waals surface area contributed by atoms with Crippen molar-refractivity contribution in [3.8, 4) is 0 Å². The summed E-state index contributed by atoms with van der Waals surface area (Å²) in [7, 11) is 0. The van der Waals surface area contributed by atoms with E-state index >= 15 is 0 Å². The third kappa shape index (κ3) is 2.56. The lowest BCUT2D eigenvalue weighted by Crippen LogP contribution is -2.08. The van der Waals surface area contributed by atoms with Crippen molar-refractivity contribution in [2.75, 3.05) is 0 Å². The summed E-state index contributed by atoms with van der Waals surface area (Å²) in [5, 5.41) is 0. The number of hydrogen-bond donors (Lipinski definition) is 0. The molecular weight excluding hydrogens is 164 g/mol. The predicted molar refractivity (Wildman–Crippen MR) is 52.6 cm³/mol. The molecule has 1 rings (SSSR count). The second kappa shape index (κ2) is 4.42. The lowest BCUT2D eigenvalue weighted by molar-refractivity contribution is 0.0617. The van der Waals surface area contributed by atoms with Crippen LogP contribution in [0.2, 0.25) is 0 Å². The van der Waals surface area contributed by atoms with E-state index in [2.05, 4.69) is 16.5 Å². The van der Waals surface area contributed by atoms with Crippen LogP contribution in [0.3, 0.4) is 0 Å². The molecule has 0 saturated carbocycles. The van der Waals surface area contributed by atoms with Gasteiger partial charge >= 0.3 is 0 Å². The maximum Gasteiger partial charge on any atom is 0.105 e. The van der Waals surface area contributed by atoms with Crippen LogP contribution < -0.4 is 0 Å². The molecule has 0 saturated heterocycles. The van der Waals surface area contributed by atoms with Gasteiger partial charge in [0.2, 0.25) is 0 Å². The SMILES string of the molecule is CCn1c(COC(C)C)cnc1C. The Bertz CT molecular complexity index is 266. The zero-order chi connectivity index (χ0) is 9.84. The first-order valence-corrected chi connectivity index (χ1v) is 4.77. The van der Waals surface area contributed by atoms with Crippen LogP contribution in [-0.2, 0) is 17.9 Å². The molecule has 13 heavy (non-hydrogen) atoms. The van der Waals surface area contributed by atoms with E-state index in [0.29, 0.717) is 6.61 Å². The molecule has 1 aromatic heterocycles. The van der Waals surface area contributed by atoms with Gasteiger partial charge in [-0.15, -0.1) is 0 Å². The minimum atomic E-state index is 0.278. The van der Waals surface area contributed by atoms with Gasteiger partial charge in [-0.05, 0) is 27.7 Å². The Labute approximate surface area is 79.7 Å². The molecule has 0 spiro atoms. The number of aromatic nitrogens is 2. The molecule has 0 N–H and O–H groups in total. The van der Waals surface area contributed by atoms with Crippen LogP contribution in [0, 0.1) is 6.92 Å². The summed E-state index contributed by atoms with van der Waals surface area (Å²) in [6.07, 6.45) is 2.17. The molecule has 0 atom stereocenters. The highest BCUT2D eigenvalue weighted by Gasteiger charge is 2.05. The van der Waals surface area contributed by atoms with E-state index in [1.807, 2.05) is 27.0 Å². The summed E-state index contributed by atoms with van der Waals surface area (Å²) >= 11 is 0. The van der Waals surface area contributed by atoms with Gasteiger partial charge in [-0.2, -0.15) is 0 Å². The number of aryl methyl sites for hydroxylation is 1. The maximum absolute atomic E-state index is 5.52. The van der Waals surface area contributed by atoms with Gasteiger partial charge in [0.05, 0.1) is 24.6 Å². The molecular formula is C10H18N2O. The number of rotatable bonds is 4. The van der Waals surface area contributed by atoms with Crippen molar-refractivity contribution in [2.24, 2.45) is 0 Å². The number of ether oxygens (including phenoxy) is 1. The molecule has 0 aliphatic heterocycles. The van der Waals surface area contributed by atoms with Crippen molar-refractivity contribution in [1.29, 1.82) is 0 Å². The monoisotopic (exact) mass is 182 g/mol. The molecule has 0 aliphatic rings. The molecule has 0 fully saturated rings. The zero-order valence-corrected chi connectivity index (χ0v) is 8.87. The zero-order valence-electron chi connectivity index (χ0n) is 8.87. The molecule has 3 heteroatoms. The highest BCUT2D eigenvalue weighted by Crippen LogP contribution is 2.07. The summed E-state index contributed by atoms with van der Waals surface area (Å²) < 4.78 is 7.69. The van der Waals surface area contributed by atoms with E-state index in [4.69, 9.17) is 4.74 Å². The molecule has 0 amide bonds. The Balaban J connectivity index is 2.65. The van der Waals surface area contributed by atoms with Crippen molar-refractivity contribution in [3.05, 3.63) is 17.7 Å². The van der Waals surface area contributed by atoms with E-state index in [1.165, 1.54) is 0 Å². The number of hydrogen-bond acceptors (Lipinski definition) is 2. The van der Waals surface area contributed by atoms with Gasteiger partial charge in [-0.1, -0.05) is 0 Å². The average molecular weight is 182 g/mol. The highest BCUT2D eigenvalue weighted by molar-refractivity contribution is 5.02. The normalized spacial score (nSPS) is 11.2. The molecule has 1 heterocycles. The molecule has 0 bridgehead atoms.